The first kappa shape index (κ1) is 14.6. The summed E-state index contributed by atoms with van der Waals surface area (Å²) in [6.45, 7) is 3.59. The molecule has 0 aliphatic rings. The van der Waals surface area contributed by atoms with Gasteiger partial charge in [-0.25, -0.2) is 13.2 Å². The zero-order chi connectivity index (χ0) is 14.9. The third-order valence-corrected chi connectivity index (χ3v) is 3.56. The Hall–Kier alpha value is -1.81. The van der Waals surface area contributed by atoms with Crippen LogP contribution in [-0.4, -0.2) is 0 Å². The topological polar surface area (TPSA) is 26.0 Å². The molecule has 0 aliphatic heterocycles. The molecule has 2 N–H and O–H groups in total. The van der Waals surface area contributed by atoms with Gasteiger partial charge in [0, 0.05) is 5.56 Å². The van der Waals surface area contributed by atoms with Gasteiger partial charge in [0.25, 0.3) is 0 Å². The van der Waals surface area contributed by atoms with Crippen LogP contribution in [0.5, 0.6) is 0 Å². The zero-order valence-electron chi connectivity index (χ0n) is 11.4. The predicted molar refractivity (Wildman–Crippen MR) is 72.8 cm³/mol. The lowest BCUT2D eigenvalue weighted by atomic mass is 9.84. The summed E-state index contributed by atoms with van der Waals surface area (Å²) in [5.74, 6) is -3.96. The summed E-state index contributed by atoms with van der Waals surface area (Å²) in [4.78, 5) is 0. The van der Waals surface area contributed by atoms with Gasteiger partial charge in [-0.15, -0.1) is 0 Å². The second-order valence-electron chi connectivity index (χ2n) is 4.98. The summed E-state index contributed by atoms with van der Waals surface area (Å²) in [5, 5.41) is 0. The highest BCUT2D eigenvalue weighted by Crippen LogP contribution is 2.30. The fraction of sp³-hybridized carbons (Fsp3) is 0.250. The van der Waals surface area contributed by atoms with Crippen LogP contribution in [0.15, 0.2) is 36.4 Å². The average molecular weight is 279 g/mol. The van der Waals surface area contributed by atoms with Crippen molar-refractivity contribution in [2.75, 3.05) is 0 Å². The van der Waals surface area contributed by atoms with E-state index in [0.717, 1.165) is 18.1 Å². The zero-order valence-corrected chi connectivity index (χ0v) is 11.4. The number of halogens is 3. The number of aryl methyl sites for hydroxylation is 1. The molecule has 1 nitrogen and oxygen atoms in total. The van der Waals surface area contributed by atoms with Gasteiger partial charge < -0.3 is 5.73 Å². The van der Waals surface area contributed by atoms with Crippen LogP contribution in [-0.2, 0) is 12.0 Å². The molecule has 2 aromatic carbocycles. The number of benzene rings is 2. The van der Waals surface area contributed by atoms with Gasteiger partial charge in [-0.1, -0.05) is 37.3 Å². The maximum absolute atomic E-state index is 13.9. The highest BCUT2D eigenvalue weighted by molar-refractivity contribution is 5.39. The molecule has 0 radical (unpaired) electrons. The fourth-order valence-corrected chi connectivity index (χ4v) is 2.17. The molecule has 0 aromatic heterocycles. The molecule has 106 valence electrons. The second-order valence-corrected chi connectivity index (χ2v) is 4.98. The summed E-state index contributed by atoms with van der Waals surface area (Å²) < 4.78 is 40.2. The molecule has 2 rings (SSSR count). The molecule has 0 heterocycles. The second kappa shape index (κ2) is 5.29. The van der Waals surface area contributed by atoms with E-state index in [2.05, 4.69) is 0 Å². The van der Waals surface area contributed by atoms with Crippen LogP contribution in [0.1, 0.15) is 30.5 Å². The summed E-state index contributed by atoms with van der Waals surface area (Å²) >= 11 is 0. The summed E-state index contributed by atoms with van der Waals surface area (Å²) in [5.41, 5.74) is 6.60. The molecular weight excluding hydrogens is 263 g/mol. The molecule has 0 amide bonds. The van der Waals surface area contributed by atoms with Crippen LogP contribution in [0.3, 0.4) is 0 Å². The van der Waals surface area contributed by atoms with E-state index < -0.39 is 23.0 Å². The van der Waals surface area contributed by atoms with Gasteiger partial charge in [0.05, 0.1) is 5.54 Å². The van der Waals surface area contributed by atoms with Crippen molar-refractivity contribution < 1.29 is 13.2 Å². The first-order valence-electron chi connectivity index (χ1n) is 6.40. The number of hydrogen-bond donors (Lipinski definition) is 1. The van der Waals surface area contributed by atoms with Crippen molar-refractivity contribution in [3.8, 4) is 0 Å². The van der Waals surface area contributed by atoms with Crippen LogP contribution in [0, 0.1) is 17.5 Å². The molecular formula is C16H16F3N. The Morgan fingerprint density at radius 2 is 1.55 bits per heavy atom. The van der Waals surface area contributed by atoms with Crippen molar-refractivity contribution in [1.82, 2.24) is 0 Å². The largest absolute Gasteiger partial charge is 0.318 e. The Balaban J connectivity index is 2.51. The van der Waals surface area contributed by atoms with Crippen molar-refractivity contribution in [2.24, 2.45) is 5.73 Å². The monoisotopic (exact) mass is 279 g/mol. The van der Waals surface area contributed by atoms with Crippen LogP contribution in [0.4, 0.5) is 13.2 Å². The standard InChI is InChI=1S/C16H16F3N/c1-3-10-4-6-11(7-5-10)16(2,20)12-8-9-13(17)15(19)14(12)18/h4-9H,3,20H2,1-2H3. The lowest BCUT2D eigenvalue weighted by Gasteiger charge is -2.26. The molecule has 20 heavy (non-hydrogen) atoms. The summed E-state index contributed by atoms with van der Waals surface area (Å²) in [6.07, 6.45) is 0.876. The lowest BCUT2D eigenvalue weighted by Crippen LogP contribution is -2.35. The van der Waals surface area contributed by atoms with E-state index >= 15 is 0 Å². The van der Waals surface area contributed by atoms with Crippen molar-refractivity contribution in [3.05, 3.63) is 70.5 Å². The molecule has 0 fully saturated rings. The third-order valence-electron chi connectivity index (χ3n) is 3.56. The van der Waals surface area contributed by atoms with Gasteiger partial charge in [0.15, 0.2) is 17.5 Å². The van der Waals surface area contributed by atoms with Gasteiger partial charge >= 0.3 is 0 Å². The molecule has 4 heteroatoms. The van der Waals surface area contributed by atoms with Crippen molar-refractivity contribution in [1.29, 1.82) is 0 Å². The minimum absolute atomic E-state index is 0.0688. The number of hydrogen-bond acceptors (Lipinski definition) is 1. The first-order valence-corrected chi connectivity index (χ1v) is 6.40. The van der Waals surface area contributed by atoms with E-state index in [1.54, 1.807) is 19.1 Å². The lowest BCUT2D eigenvalue weighted by molar-refractivity contribution is 0.425. The van der Waals surface area contributed by atoms with E-state index in [-0.39, 0.29) is 5.56 Å². The molecule has 0 saturated carbocycles. The average Bonchev–Trinajstić information content (AvgIpc) is 2.44. The molecule has 0 aliphatic carbocycles. The fourth-order valence-electron chi connectivity index (χ4n) is 2.17. The maximum Gasteiger partial charge on any atom is 0.194 e. The van der Waals surface area contributed by atoms with Gasteiger partial charge in [0.1, 0.15) is 0 Å². The molecule has 1 unspecified atom stereocenters. The van der Waals surface area contributed by atoms with E-state index in [0.29, 0.717) is 5.56 Å². The quantitative estimate of drug-likeness (QED) is 0.848. The maximum atomic E-state index is 13.9. The van der Waals surface area contributed by atoms with Crippen molar-refractivity contribution in [3.63, 3.8) is 0 Å². The summed E-state index contributed by atoms with van der Waals surface area (Å²) in [6, 6.07) is 9.40. The SMILES string of the molecule is CCc1ccc(C(C)(N)c2ccc(F)c(F)c2F)cc1. The van der Waals surface area contributed by atoms with Crippen LogP contribution >= 0.6 is 0 Å². The Bertz CT molecular complexity index is 618. The molecule has 1 atom stereocenters. The predicted octanol–water partition coefficient (Wildman–Crippen LogP) is 3.89. The van der Waals surface area contributed by atoms with Gasteiger partial charge in [-0.2, -0.15) is 0 Å². The van der Waals surface area contributed by atoms with Crippen molar-refractivity contribution >= 4 is 0 Å². The minimum atomic E-state index is -1.50. The Kier molecular flexibility index (Phi) is 3.86. The number of nitrogens with two attached hydrogens (primary N) is 1. The van der Waals surface area contributed by atoms with Crippen LogP contribution in [0.25, 0.3) is 0 Å². The van der Waals surface area contributed by atoms with Crippen molar-refractivity contribution in [2.45, 2.75) is 25.8 Å². The summed E-state index contributed by atoms with van der Waals surface area (Å²) in [7, 11) is 0. The van der Waals surface area contributed by atoms with Gasteiger partial charge in [-0.05, 0) is 30.5 Å². The molecule has 0 spiro atoms. The molecule has 2 aromatic rings. The third kappa shape index (κ3) is 2.43. The van der Waals surface area contributed by atoms with Gasteiger partial charge in [-0.3, -0.25) is 0 Å². The first-order chi connectivity index (χ1) is 9.37. The van der Waals surface area contributed by atoms with Crippen LogP contribution < -0.4 is 5.73 Å². The van der Waals surface area contributed by atoms with E-state index in [9.17, 15) is 13.2 Å². The Labute approximate surface area is 116 Å². The highest BCUT2D eigenvalue weighted by Gasteiger charge is 2.29. The Morgan fingerprint density at radius 1 is 0.950 bits per heavy atom. The normalized spacial score (nSPS) is 14.1. The van der Waals surface area contributed by atoms with E-state index in [1.165, 1.54) is 6.07 Å². The van der Waals surface area contributed by atoms with E-state index in [4.69, 9.17) is 5.73 Å². The highest BCUT2D eigenvalue weighted by atomic mass is 19.2. The van der Waals surface area contributed by atoms with E-state index in [1.807, 2.05) is 19.1 Å². The van der Waals surface area contributed by atoms with Gasteiger partial charge in [0.2, 0.25) is 0 Å². The van der Waals surface area contributed by atoms with Crippen LogP contribution in [0.2, 0.25) is 0 Å². The smallest absolute Gasteiger partial charge is 0.194 e. The Morgan fingerprint density at radius 3 is 2.10 bits per heavy atom. The molecule has 0 bridgehead atoms. The minimum Gasteiger partial charge on any atom is -0.318 e. The number of rotatable bonds is 3. The molecule has 0 saturated heterocycles.